The minimum atomic E-state index is -0.297. The molecule has 0 N–H and O–H groups in total. The van der Waals surface area contributed by atoms with Crippen LogP contribution in [0.3, 0.4) is 0 Å². The van der Waals surface area contributed by atoms with Gasteiger partial charge in [-0.15, -0.1) is 0 Å². The van der Waals surface area contributed by atoms with E-state index < -0.39 is 0 Å². The lowest BCUT2D eigenvalue weighted by Crippen LogP contribution is -2.32. The number of hydrogen-bond acceptors (Lipinski definition) is 3. The number of carbonyl (C=O) groups excluding carboxylic acids is 2. The van der Waals surface area contributed by atoms with E-state index in [-0.39, 0.29) is 17.5 Å². The summed E-state index contributed by atoms with van der Waals surface area (Å²) in [6, 6.07) is 8.73. The average molecular weight is 469 g/mol. The Morgan fingerprint density at radius 1 is 0.824 bits per heavy atom. The van der Waals surface area contributed by atoms with Gasteiger partial charge in [0.2, 0.25) is 0 Å². The van der Waals surface area contributed by atoms with Crippen LogP contribution < -0.4 is 4.74 Å². The number of benzene rings is 1. The van der Waals surface area contributed by atoms with Gasteiger partial charge in [-0.3, -0.25) is 9.59 Å². The van der Waals surface area contributed by atoms with Gasteiger partial charge in [0.25, 0.3) is 0 Å². The Labute approximate surface area is 208 Å². The fourth-order valence-electron chi connectivity index (χ4n) is 6.12. The summed E-state index contributed by atoms with van der Waals surface area (Å²) >= 11 is 0. The third kappa shape index (κ3) is 8.54. The number of carbonyl (C=O) groups is 2. The summed E-state index contributed by atoms with van der Waals surface area (Å²) in [5.41, 5.74) is 1.40. The van der Waals surface area contributed by atoms with Crippen molar-refractivity contribution < 1.29 is 14.3 Å². The molecule has 2 fully saturated rings. The molecule has 1 aromatic rings. The summed E-state index contributed by atoms with van der Waals surface area (Å²) in [6.45, 7) is 5.24. The summed E-state index contributed by atoms with van der Waals surface area (Å²) in [5.74, 6) is 2.71. The van der Waals surface area contributed by atoms with Crippen LogP contribution in [0.25, 0.3) is 0 Å². The highest BCUT2D eigenvalue weighted by Gasteiger charge is 2.34. The molecule has 0 amide bonds. The first kappa shape index (κ1) is 27.0. The highest BCUT2D eigenvalue weighted by Crippen LogP contribution is 2.39. The number of Topliss-reactive ketones (excluding diaryl/α,β-unsaturated/α-hetero) is 2. The summed E-state index contributed by atoms with van der Waals surface area (Å²) in [7, 11) is 0. The van der Waals surface area contributed by atoms with E-state index in [1.54, 1.807) is 0 Å². The van der Waals surface area contributed by atoms with Gasteiger partial charge in [-0.25, -0.2) is 0 Å². The van der Waals surface area contributed by atoms with Crippen LogP contribution in [-0.2, 0) is 9.59 Å². The minimum absolute atomic E-state index is 0.224. The van der Waals surface area contributed by atoms with Gasteiger partial charge in [0.1, 0.15) is 17.3 Å². The predicted molar refractivity (Wildman–Crippen MR) is 140 cm³/mol. The van der Waals surface area contributed by atoms with Crippen molar-refractivity contribution in [1.29, 1.82) is 0 Å². The quantitative estimate of drug-likeness (QED) is 0.203. The molecule has 3 nitrogen and oxygen atoms in total. The second-order valence-electron chi connectivity index (χ2n) is 11.0. The molecule has 3 heteroatoms. The van der Waals surface area contributed by atoms with Crippen molar-refractivity contribution in [3.05, 3.63) is 29.8 Å². The third-order valence-electron chi connectivity index (χ3n) is 8.28. The van der Waals surface area contributed by atoms with Gasteiger partial charge in [0, 0.05) is 12.8 Å². The zero-order valence-corrected chi connectivity index (χ0v) is 21.9. The van der Waals surface area contributed by atoms with Crippen LogP contribution in [0.2, 0.25) is 0 Å². The van der Waals surface area contributed by atoms with Gasteiger partial charge in [-0.1, -0.05) is 70.9 Å². The number of unbranched alkanes of at least 4 members (excludes halogenated alkanes) is 5. The van der Waals surface area contributed by atoms with E-state index in [1.165, 1.54) is 37.7 Å². The Morgan fingerprint density at radius 3 is 2.18 bits per heavy atom. The van der Waals surface area contributed by atoms with Crippen LogP contribution in [0.5, 0.6) is 5.75 Å². The number of ether oxygens (including phenoxy) is 1. The molecule has 0 bridgehead atoms. The molecular formula is C31H48O3. The molecule has 2 unspecified atom stereocenters. The van der Waals surface area contributed by atoms with Crippen molar-refractivity contribution in [3.63, 3.8) is 0 Å². The van der Waals surface area contributed by atoms with Crippen molar-refractivity contribution in [1.82, 2.24) is 0 Å². The monoisotopic (exact) mass is 468 g/mol. The maximum Gasteiger partial charge on any atom is 0.143 e. The molecule has 0 aromatic heterocycles. The van der Waals surface area contributed by atoms with E-state index in [0.717, 1.165) is 70.1 Å². The Balaban J connectivity index is 1.34. The minimum Gasteiger partial charge on any atom is -0.494 e. The Morgan fingerprint density at radius 2 is 1.50 bits per heavy atom. The number of ketones is 2. The second kappa shape index (κ2) is 14.7. The summed E-state index contributed by atoms with van der Waals surface area (Å²) in [6.07, 6.45) is 17.6. The van der Waals surface area contributed by atoms with Crippen LogP contribution in [0.4, 0.5) is 0 Å². The Bertz CT molecular complexity index is 730. The molecule has 0 radical (unpaired) electrons. The lowest BCUT2D eigenvalue weighted by molar-refractivity contribution is -0.136. The molecule has 2 aliphatic rings. The molecule has 2 aliphatic carbocycles. The van der Waals surface area contributed by atoms with Crippen LogP contribution in [0, 0.1) is 17.8 Å². The number of hydrogen-bond donors (Lipinski definition) is 0. The van der Waals surface area contributed by atoms with E-state index in [4.69, 9.17) is 4.74 Å². The molecule has 2 saturated carbocycles. The Kier molecular flexibility index (Phi) is 11.6. The molecule has 0 spiro atoms. The van der Waals surface area contributed by atoms with Gasteiger partial charge >= 0.3 is 0 Å². The SMILES string of the molecule is CCCCCCCCOc1ccc([C@H]2CC[C@H](CC(=O)C3CCC(CCC)CC3=O)CC2)cc1. The van der Waals surface area contributed by atoms with Crippen molar-refractivity contribution in [2.45, 2.75) is 122 Å². The first-order chi connectivity index (χ1) is 16.6. The fourth-order valence-corrected chi connectivity index (χ4v) is 6.12. The van der Waals surface area contributed by atoms with Crippen molar-refractivity contribution in [3.8, 4) is 5.75 Å². The predicted octanol–water partition coefficient (Wildman–Crippen LogP) is 8.44. The van der Waals surface area contributed by atoms with Gasteiger partial charge in [-0.2, -0.15) is 0 Å². The zero-order chi connectivity index (χ0) is 24.2. The standard InChI is InChI=1S/C31H48O3/c1-3-5-6-7-8-9-21-34-28-18-16-27(17-19-28)26-14-11-25(12-15-26)23-31(33)29-20-13-24(10-4-2)22-30(29)32/h16-19,24-26,29H,3-15,20-23H2,1-2H3/t24?,25-,26-,29?. The topological polar surface area (TPSA) is 43.4 Å². The third-order valence-corrected chi connectivity index (χ3v) is 8.28. The maximum atomic E-state index is 12.9. The smallest absolute Gasteiger partial charge is 0.143 e. The highest BCUT2D eigenvalue weighted by molar-refractivity contribution is 6.02. The van der Waals surface area contributed by atoms with Gasteiger partial charge in [0.15, 0.2) is 0 Å². The van der Waals surface area contributed by atoms with Gasteiger partial charge in [-0.05, 0) is 80.4 Å². The van der Waals surface area contributed by atoms with Crippen molar-refractivity contribution >= 4 is 11.6 Å². The summed E-state index contributed by atoms with van der Waals surface area (Å²) in [5, 5.41) is 0. The van der Waals surface area contributed by atoms with Gasteiger partial charge in [0.05, 0.1) is 12.5 Å². The maximum absolute atomic E-state index is 12.9. The van der Waals surface area contributed by atoms with Crippen molar-refractivity contribution in [2.24, 2.45) is 17.8 Å². The molecular weight excluding hydrogens is 420 g/mol. The average Bonchev–Trinajstić information content (AvgIpc) is 2.84. The normalized spacial score (nSPS) is 25.3. The Hall–Kier alpha value is -1.64. The molecule has 3 rings (SSSR count). The van der Waals surface area contributed by atoms with E-state index in [1.807, 2.05) is 0 Å². The van der Waals surface area contributed by atoms with E-state index >= 15 is 0 Å². The van der Waals surface area contributed by atoms with E-state index in [2.05, 4.69) is 38.1 Å². The molecule has 2 atom stereocenters. The molecule has 1 aromatic carbocycles. The van der Waals surface area contributed by atoms with E-state index in [0.29, 0.717) is 30.6 Å². The molecule has 0 aliphatic heterocycles. The van der Waals surface area contributed by atoms with E-state index in [9.17, 15) is 9.59 Å². The molecule has 0 heterocycles. The van der Waals surface area contributed by atoms with Gasteiger partial charge < -0.3 is 4.74 Å². The fraction of sp³-hybridized carbons (Fsp3) is 0.742. The molecule has 34 heavy (non-hydrogen) atoms. The number of rotatable bonds is 14. The highest BCUT2D eigenvalue weighted by atomic mass is 16.5. The zero-order valence-electron chi connectivity index (χ0n) is 21.9. The lowest BCUT2D eigenvalue weighted by Gasteiger charge is -2.31. The first-order valence-corrected chi connectivity index (χ1v) is 14.4. The summed E-state index contributed by atoms with van der Waals surface area (Å²) in [4.78, 5) is 25.4. The summed E-state index contributed by atoms with van der Waals surface area (Å²) < 4.78 is 5.94. The van der Waals surface area contributed by atoms with Crippen LogP contribution in [-0.4, -0.2) is 18.2 Å². The second-order valence-corrected chi connectivity index (χ2v) is 11.0. The van der Waals surface area contributed by atoms with Crippen LogP contribution >= 0.6 is 0 Å². The molecule has 0 saturated heterocycles. The first-order valence-electron chi connectivity index (χ1n) is 14.4. The van der Waals surface area contributed by atoms with Crippen LogP contribution in [0.1, 0.15) is 128 Å². The van der Waals surface area contributed by atoms with Crippen molar-refractivity contribution in [2.75, 3.05) is 6.61 Å². The largest absolute Gasteiger partial charge is 0.494 e. The lowest BCUT2D eigenvalue weighted by atomic mass is 9.73. The molecule has 190 valence electrons. The van der Waals surface area contributed by atoms with Crippen LogP contribution in [0.15, 0.2) is 24.3 Å².